The number of methoxy groups -OCH3 is 2. The van der Waals surface area contributed by atoms with E-state index in [2.05, 4.69) is 5.32 Å². The topological polar surface area (TPSA) is 84.9 Å². The average Bonchev–Trinajstić information content (AvgIpc) is 2.64. The Morgan fingerprint density at radius 3 is 2.54 bits per heavy atom. The fourth-order valence-electron chi connectivity index (χ4n) is 2.63. The van der Waals surface area contributed by atoms with E-state index in [0.717, 1.165) is 6.26 Å². The third-order valence-electron chi connectivity index (χ3n) is 3.94. The van der Waals surface area contributed by atoms with Crippen LogP contribution >= 0.6 is 11.6 Å². The normalized spacial score (nSPS) is 11.0. The quantitative estimate of drug-likeness (QED) is 0.662. The van der Waals surface area contributed by atoms with Crippen LogP contribution in [0.5, 0.6) is 11.5 Å². The van der Waals surface area contributed by atoms with E-state index < -0.39 is 10.0 Å². The second-order valence-electron chi connectivity index (χ2n) is 6.03. The van der Waals surface area contributed by atoms with Gasteiger partial charge in [-0.3, -0.25) is 9.10 Å². The molecule has 0 heterocycles. The number of nitrogens with zero attached hydrogens (tertiary/aromatic N) is 1. The molecule has 152 valence electrons. The fraction of sp³-hybridized carbons (Fsp3) is 0.316. The Balaban J connectivity index is 2.02. The summed E-state index contributed by atoms with van der Waals surface area (Å²) in [4.78, 5) is 12.3. The Morgan fingerprint density at radius 2 is 1.89 bits per heavy atom. The molecule has 1 N–H and O–H groups in total. The second kappa shape index (κ2) is 9.66. The summed E-state index contributed by atoms with van der Waals surface area (Å²) in [7, 11) is -0.498. The Morgan fingerprint density at radius 1 is 1.14 bits per heavy atom. The van der Waals surface area contributed by atoms with Gasteiger partial charge in [0, 0.05) is 24.1 Å². The van der Waals surface area contributed by atoms with Crippen LogP contribution in [0.4, 0.5) is 11.4 Å². The van der Waals surface area contributed by atoms with Crippen molar-refractivity contribution in [2.75, 3.05) is 36.6 Å². The number of carbonyl (C=O) groups excluding carboxylic acids is 1. The van der Waals surface area contributed by atoms with Crippen molar-refractivity contribution in [2.24, 2.45) is 0 Å². The van der Waals surface area contributed by atoms with Gasteiger partial charge in [0.2, 0.25) is 15.9 Å². The van der Waals surface area contributed by atoms with Crippen LogP contribution in [0.3, 0.4) is 0 Å². The van der Waals surface area contributed by atoms with Gasteiger partial charge in [-0.25, -0.2) is 8.42 Å². The highest BCUT2D eigenvalue weighted by atomic mass is 35.5. The lowest BCUT2D eigenvalue weighted by Crippen LogP contribution is -2.31. The van der Waals surface area contributed by atoms with E-state index in [1.54, 1.807) is 42.5 Å². The summed E-state index contributed by atoms with van der Waals surface area (Å²) >= 11 is 5.96. The Labute approximate surface area is 170 Å². The van der Waals surface area contributed by atoms with Gasteiger partial charge in [0.1, 0.15) is 11.5 Å². The van der Waals surface area contributed by atoms with E-state index in [1.165, 1.54) is 18.5 Å². The molecule has 2 aromatic carbocycles. The van der Waals surface area contributed by atoms with E-state index in [0.29, 0.717) is 34.3 Å². The van der Waals surface area contributed by atoms with Crippen LogP contribution in [0.25, 0.3) is 0 Å². The van der Waals surface area contributed by atoms with Crippen LogP contribution in [0.15, 0.2) is 42.5 Å². The molecule has 2 aromatic rings. The molecule has 0 aliphatic rings. The number of nitrogens with one attached hydrogen (secondary N) is 1. The predicted octanol–water partition coefficient (Wildman–Crippen LogP) is 3.54. The number of halogens is 1. The molecule has 0 spiro atoms. The first-order chi connectivity index (χ1) is 13.2. The number of rotatable bonds is 9. The van der Waals surface area contributed by atoms with E-state index in [4.69, 9.17) is 21.1 Å². The number of benzene rings is 2. The molecule has 28 heavy (non-hydrogen) atoms. The molecule has 0 fully saturated rings. The van der Waals surface area contributed by atoms with E-state index >= 15 is 0 Å². The Hall–Kier alpha value is -2.45. The van der Waals surface area contributed by atoms with Gasteiger partial charge in [0.15, 0.2) is 0 Å². The minimum absolute atomic E-state index is 0.131. The van der Waals surface area contributed by atoms with Gasteiger partial charge in [0.25, 0.3) is 0 Å². The van der Waals surface area contributed by atoms with Crippen molar-refractivity contribution in [1.29, 1.82) is 0 Å². The molecular formula is C19H23ClN2O5S. The van der Waals surface area contributed by atoms with Gasteiger partial charge in [-0.15, -0.1) is 0 Å². The zero-order chi connectivity index (χ0) is 20.7. The number of ether oxygens (including phenoxy) is 2. The van der Waals surface area contributed by atoms with Crippen molar-refractivity contribution < 1.29 is 22.7 Å². The smallest absolute Gasteiger partial charge is 0.232 e. The van der Waals surface area contributed by atoms with Crippen LogP contribution in [-0.4, -0.2) is 41.3 Å². The monoisotopic (exact) mass is 426 g/mol. The summed E-state index contributed by atoms with van der Waals surface area (Å²) < 4.78 is 35.9. The molecule has 1 amide bonds. The number of carbonyl (C=O) groups is 1. The molecule has 0 bridgehead atoms. The fourth-order valence-corrected chi connectivity index (χ4v) is 3.76. The zero-order valence-electron chi connectivity index (χ0n) is 15.9. The van der Waals surface area contributed by atoms with Crippen LogP contribution in [0.2, 0.25) is 5.02 Å². The molecule has 0 saturated heterocycles. The number of anilines is 2. The van der Waals surface area contributed by atoms with E-state index in [9.17, 15) is 13.2 Å². The molecule has 0 aromatic heterocycles. The van der Waals surface area contributed by atoms with Crippen molar-refractivity contribution in [3.05, 3.63) is 47.5 Å². The van der Waals surface area contributed by atoms with Crippen molar-refractivity contribution in [1.82, 2.24) is 0 Å². The van der Waals surface area contributed by atoms with Gasteiger partial charge in [-0.05, 0) is 36.8 Å². The first-order valence-electron chi connectivity index (χ1n) is 8.49. The molecule has 9 heteroatoms. The minimum Gasteiger partial charge on any atom is -0.497 e. The van der Waals surface area contributed by atoms with Gasteiger partial charge >= 0.3 is 0 Å². The zero-order valence-corrected chi connectivity index (χ0v) is 17.5. The molecule has 0 atom stereocenters. The third kappa shape index (κ3) is 6.03. The van der Waals surface area contributed by atoms with E-state index in [1.807, 2.05) is 0 Å². The maximum absolute atomic E-state index is 12.3. The first-order valence-corrected chi connectivity index (χ1v) is 10.7. The highest BCUT2D eigenvalue weighted by Gasteiger charge is 2.18. The molecule has 7 nitrogen and oxygen atoms in total. The summed E-state index contributed by atoms with van der Waals surface area (Å²) in [6.07, 6.45) is 1.59. The van der Waals surface area contributed by atoms with Crippen molar-refractivity contribution in [3.8, 4) is 11.5 Å². The average molecular weight is 427 g/mol. The Bertz CT molecular complexity index is 934. The number of hydrogen-bond acceptors (Lipinski definition) is 5. The Kier molecular flexibility index (Phi) is 7.53. The van der Waals surface area contributed by atoms with Crippen LogP contribution in [0.1, 0.15) is 12.8 Å². The molecule has 0 unspecified atom stereocenters. The van der Waals surface area contributed by atoms with E-state index in [-0.39, 0.29) is 18.9 Å². The van der Waals surface area contributed by atoms with Gasteiger partial charge in [0.05, 0.1) is 31.9 Å². The lowest BCUT2D eigenvalue weighted by atomic mass is 10.2. The molecular weight excluding hydrogens is 404 g/mol. The summed E-state index contributed by atoms with van der Waals surface area (Å²) in [5, 5.41) is 3.21. The van der Waals surface area contributed by atoms with Gasteiger partial charge in [-0.1, -0.05) is 17.7 Å². The maximum Gasteiger partial charge on any atom is 0.232 e. The molecule has 0 radical (unpaired) electrons. The minimum atomic E-state index is -3.51. The summed E-state index contributed by atoms with van der Waals surface area (Å²) in [6.45, 7) is 0.159. The van der Waals surface area contributed by atoms with Crippen LogP contribution in [0, 0.1) is 0 Å². The van der Waals surface area contributed by atoms with Crippen molar-refractivity contribution in [3.63, 3.8) is 0 Å². The molecule has 0 saturated carbocycles. The predicted molar refractivity (Wildman–Crippen MR) is 111 cm³/mol. The second-order valence-corrected chi connectivity index (χ2v) is 8.38. The highest BCUT2D eigenvalue weighted by molar-refractivity contribution is 7.92. The number of amides is 1. The first kappa shape index (κ1) is 21.8. The lowest BCUT2D eigenvalue weighted by molar-refractivity contribution is -0.116. The summed E-state index contributed by atoms with van der Waals surface area (Å²) in [5.41, 5.74) is 0.950. The number of hydrogen-bond donors (Lipinski definition) is 1. The summed E-state index contributed by atoms with van der Waals surface area (Å²) in [6, 6.07) is 11.7. The van der Waals surface area contributed by atoms with Gasteiger partial charge < -0.3 is 14.8 Å². The number of sulfonamides is 1. The van der Waals surface area contributed by atoms with Crippen LogP contribution in [-0.2, 0) is 14.8 Å². The molecule has 0 aliphatic heterocycles. The molecule has 2 rings (SSSR count). The highest BCUT2D eigenvalue weighted by Crippen LogP contribution is 2.28. The third-order valence-corrected chi connectivity index (χ3v) is 5.37. The van der Waals surface area contributed by atoms with Crippen molar-refractivity contribution >= 4 is 38.9 Å². The van der Waals surface area contributed by atoms with Crippen molar-refractivity contribution in [2.45, 2.75) is 12.8 Å². The van der Waals surface area contributed by atoms with Gasteiger partial charge in [-0.2, -0.15) is 0 Å². The largest absolute Gasteiger partial charge is 0.497 e. The SMILES string of the molecule is COc1cccc(N(CCCC(=O)Nc2cc(Cl)ccc2OC)S(C)(=O)=O)c1. The maximum atomic E-state index is 12.3. The van der Waals surface area contributed by atoms with Crippen LogP contribution < -0.4 is 19.1 Å². The lowest BCUT2D eigenvalue weighted by Gasteiger charge is -2.22. The standard InChI is InChI=1S/C19H23ClN2O5S/c1-26-16-7-4-6-15(13-16)22(28(3,24)25)11-5-8-19(23)21-17-12-14(20)9-10-18(17)27-2/h4,6-7,9-10,12-13H,5,8,11H2,1-3H3,(H,21,23). The summed E-state index contributed by atoms with van der Waals surface area (Å²) in [5.74, 6) is 0.781. The molecule has 0 aliphatic carbocycles.